The Morgan fingerprint density at radius 1 is 1.40 bits per heavy atom. The van der Waals surface area contributed by atoms with Crippen LogP contribution in [-0.2, 0) is 6.42 Å². The van der Waals surface area contributed by atoms with Crippen molar-refractivity contribution in [2.45, 2.75) is 32.4 Å². The van der Waals surface area contributed by atoms with Gasteiger partial charge in [0.05, 0.1) is 11.2 Å². The second kappa shape index (κ2) is 5.56. The number of rotatable bonds is 2. The lowest BCUT2D eigenvalue weighted by molar-refractivity contribution is 0.0694. The lowest BCUT2D eigenvalue weighted by Crippen LogP contribution is -2.49. The molecule has 4 rings (SSSR count). The summed E-state index contributed by atoms with van der Waals surface area (Å²) in [5.74, 6) is -1.73. The molecule has 6 nitrogen and oxygen atoms in total. The maximum absolute atomic E-state index is 15.0. The van der Waals surface area contributed by atoms with Crippen molar-refractivity contribution in [3.8, 4) is 0 Å². The van der Waals surface area contributed by atoms with Crippen LogP contribution in [0, 0.1) is 5.82 Å². The van der Waals surface area contributed by atoms with Gasteiger partial charge in [0.15, 0.2) is 0 Å². The summed E-state index contributed by atoms with van der Waals surface area (Å²) in [5, 5.41) is 12.8. The number of carbonyl (C=O) groups is 1. The number of piperazine rings is 1. The van der Waals surface area contributed by atoms with E-state index >= 15 is 0 Å². The van der Waals surface area contributed by atoms with Gasteiger partial charge in [0, 0.05) is 48.9 Å². The van der Waals surface area contributed by atoms with E-state index in [9.17, 15) is 19.1 Å². The van der Waals surface area contributed by atoms with Crippen molar-refractivity contribution >= 4 is 22.6 Å². The van der Waals surface area contributed by atoms with Crippen LogP contribution >= 0.6 is 0 Å². The average Bonchev–Trinajstić information content (AvgIpc) is 2.87. The van der Waals surface area contributed by atoms with Crippen molar-refractivity contribution in [1.29, 1.82) is 0 Å². The van der Waals surface area contributed by atoms with Crippen molar-refractivity contribution in [2.24, 2.45) is 0 Å². The topological polar surface area (TPSA) is 74.6 Å². The van der Waals surface area contributed by atoms with Gasteiger partial charge in [-0.25, -0.2) is 9.18 Å². The summed E-state index contributed by atoms with van der Waals surface area (Å²) in [6.45, 7) is 6.19. The third-order valence-electron chi connectivity index (χ3n) is 5.23. The van der Waals surface area contributed by atoms with Gasteiger partial charge in [0.1, 0.15) is 11.4 Å². The first kappa shape index (κ1) is 16.1. The zero-order valence-corrected chi connectivity index (χ0v) is 14.2. The second-order valence-electron chi connectivity index (χ2n) is 7.02. The fraction of sp³-hybridized carbons (Fsp3) is 0.444. The third kappa shape index (κ3) is 2.33. The summed E-state index contributed by atoms with van der Waals surface area (Å²) in [6, 6.07) is 1.45. The molecule has 0 bridgehead atoms. The first-order chi connectivity index (χ1) is 11.9. The highest BCUT2D eigenvalue weighted by molar-refractivity contribution is 5.96. The highest BCUT2D eigenvalue weighted by Gasteiger charge is 2.31. The van der Waals surface area contributed by atoms with E-state index in [4.69, 9.17) is 0 Å². The highest BCUT2D eigenvalue weighted by atomic mass is 19.1. The Kier molecular flexibility index (Phi) is 3.57. The number of hydrogen-bond acceptors (Lipinski definition) is 4. The lowest BCUT2D eigenvalue weighted by Gasteiger charge is -2.35. The molecular formula is C18H20FN3O3. The van der Waals surface area contributed by atoms with Gasteiger partial charge in [-0.15, -0.1) is 0 Å². The molecule has 2 N–H and O–H groups in total. The van der Waals surface area contributed by atoms with Gasteiger partial charge >= 0.3 is 5.97 Å². The summed E-state index contributed by atoms with van der Waals surface area (Å²) >= 11 is 0. The molecule has 0 radical (unpaired) electrons. The monoisotopic (exact) mass is 345 g/mol. The quantitative estimate of drug-likeness (QED) is 0.867. The zero-order chi connectivity index (χ0) is 17.9. The van der Waals surface area contributed by atoms with Crippen molar-refractivity contribution in [3.63, 3.8) is 0 Å². The van der Waals surface area contributed by atoms with Gasteiger partial charge in [0.25, 0.3) is 0 Å². The summed E-state index contributed by atoms with van der Waals surface area (Å²) in [7, 11) is 0. The van der Waals surface area contributed by atoms with Gasteiger partial charge in [-0.3, -0.25) is 4.79 Å². The molecule has 0 saturated carbocycles. The number of carboxylic acids is 1. The van der Waals surface area contributed by atoms with Crippen molar-refractivity contribution in [1.82, 2.24) is 9.88 Å². The van der Waals surface area contributed by atoms with Gasteiger partial charge in [-0.05, 0) is 26.3 Å². The molecule has 2 atom stereocenters. The van der Waals surface area contributed by atoms with Crippen LogP contribution in [0.4, 0.5) is 10.1 Å². The molecule has 0 unspecified atom stereocenters. The van der Waals surface area contributed by atoms with Crippen LogP contribution in [0.1, 0.15) is 35.8 Å². The predicted molar refractivity (Wildman–Crippen MR) is 93.2 cm³/mol. The van der Waals surface area contributed by atoms with E-state index in [1.54, 1.807) is 0 Å². The molecule has 7 heteroatoms. The molecule has 0 aliphatic carbocycles. The van der Waals surface area contributed by atoms with Crippen molar-refractivity contribution in [3.05, 3.63) is 39.4 Å². The Labute approximate surface area is 143 Å². The van der Waals surface area contributed by atoms with E-state index in [2.05, 4.69) is 12.2 Å². The minimum absolute atomic E-state index is 0.0166. The fourth-order valence-corrected chi connectivity index (χ4v) is 4.12. The number of nitrogens with one attached hydrogen (secondary N) is 1. The molecule has 3 heterocycles. The van der Waals surface area contributed by atoms with Gasteiger partial charge in [-0.2, -0.15) is 0 Å². The number of benzene rings is 1. The fourth-order valence-electron chi connectivity index (χ4n) is 4.12. The highest BCUT2D eigenvalue weighted by Crippen LogP contribution is 2.39. The van der Waals surface area contributed by atoms with Crippen LogP contribution in [0.5, 0.6) is 0 Å². The van der Waals surface area contributed by atoms with Crippen LogP contribution in [0.25, 0.3) is 10.9 Å². The number of pyridine rings is 1. The van der Waals surface area contributed by atoms with Gasteiger partial charge in [0.2, 0.25) is 5.43 Å². The molecule has 25 heavy (non-hydrogen) atoms. The van der Waals surface area contributed by atoms with Crippen LogP contribution in [0.2, 0.25) is 0 Å². The Hall–Kier alpha value is -2.41. The maximum atomic E-state index is 15.0. The Morgan fingerprint density at radius 2 is 2.16 bits per heavy atom. The second-order valence-corrected chi connectivity index (χ2v) is 7.02. The molecule has 1 fully saturated rings. The van der Waals surface area contributed by atoms with E-state index in [0.29, 0.717) is 30.7 Å². The van der Waals surface area contributed by atoms with Crippen LogP contribution in [0.15, 0.2) is 17.1 Å². The van der Waals surface area contributed by atoms with E-state index in [1.165, 1.54) is 12.3 Å². The Morgan fingerprint density at radius 3 is 2.84 bits per heavy atom. The van der Waals surface area contributed by atoms with E-state index < -0.39 is 17.2 Å². The van der Waals surface area contributed by atoms with Crippen molar-refractivity contribution < 1.29 is 14.3 Å². The number of carboxylic acid groups (broad SMARTS) is 1. The molecule has 132 valence electrons. The minimum atomic E-state index is -1.28. The number of aromatic carboxylic acids is 1. The van der Waals surface area contributed by atoms with E-state index in [-0.39, 0.29) is 23.0 Å². The number of anilines is 1. The summed E-state index contributed by atoms with van der Waals surface area (Å²) in [4.78, 5) is 25.9. The first-order valence-electron chi connectivity index (χ1n) is 8.50. The zero-order valence-electron chi connectivity index (χ0n) is 14.2. The molecule has 2 aliphatic heterocycles. The molecule has 2 aliphatic rings. The summed E-state index contributed by atoms with van der Waals surface area (Å²) in [6.07, 6.45) is 1.99. The number of halogens is 1. The molecule has 1 aromatic carbocycles. The number of nitrogens with zero attached hydrogens (tertiary/aromatic N) is 2. The van der Waals surface area contributed by atoms with Crippen LogP contribution in [0.3, 0.4) is 0 Å². The smallest absolute Gasteiger partial charge is 0.341 e. The maximum Gasteiger partial charge on any atom is 0.341 e. The van der Waals surface area contributed by atoms with Crippen LogP contribution in [-0.4, -0.2) is 41.3 Å². The van der Waals surface area contributed by atoms with E-state index in [1.807, 2.05) is 16.4 Å². The Bertz CT molecular complexity index is 953. The SMILES string of the molecule is C[C@@H]1CN(c2c(F)cc3c(=O)c(C(=O)O)cn4c3c2C[C@@H]4C)CCN1. The first-order valence-corrected chi connectivity index (χ1v) is 8.50. The molecule has 1 aromatic heterocycles. The molecule has 0 amide bonds. The number of aromatic nitrogens is 1. The van der Waals surface area contributed by atoms with Crippen LogP contribution < -0.4 is 15.6 Å². The molecular weight excluding hydrogens is 325 g/mol. The third-order valence-corrected chi connectivity index (χ3v) is 5.23. The standard InChI is InChI=1S/C18H20FN3O3/c1-9-7-21(4-3-20-9)16-11-5-10(2)22-8-13(18(24)25)17(23)12(15(11)22)6-14(16)19/h6,8-10,20H,3-5,7H2,1-2H3,(H,24,25)/t9-,10+/m1/s1. The summed E-state index contributed by atoms with van der Waals surface area (Å²) in [5.41, 5.74) is 1.11. The molecule has 1 saturated heterocycles. The average molecular weight is 345 g/mol. The summed E-state index contributed by atoms with van der Waals surface area (Å²) < 4.78 is 16.8. The Balaban J connectivity index is 2.00. The minimum Gasteiger partial charge on any atom is -0.477 e. The van der Waals surface area contributed by atoms with Crippen molar-refractivity contribution in [2.75, 3.05) is 24.5 Å². The largest absolute Gasteiger partial charge is 0.477 e. The lowest BCUT2D eigenvalue weighted by atomic mass is 10.0. The predicted octanol–water partition coefficient (Wildman–Crippen LogP) is 1.75. The molecule has 0 spiro atoms. The normalized spacial score (nSPS) is 22.6. The number of hydrogen-bond donors (Lipinski definition) is 2. The van der Waals surface area contributed by atoms with Gasteiger partial charge < -0.3 is 19.9 Å². The molecule has 2 aromatic rings. The van der Waals surface area contributed by atoms with E-state index in [0.717, 1.165) is 12.1 Å². The van der Waals surface area contributed by atoms with Gasteiger partial charge in [-0.1, -0.05) is 0 Å².